The molecule has 0 aliphatic heterocycles. The number of carbonyl (C=O) groups is 2. The molecule has 2 amide bonds. The van der Waals surface area contributed by atoms with E-state index in [1.165, 1.54) is 11.3 Å². The van der Waals surface area contributed by atoms with Crippen molar-refractivity contribution in [3.05, 3.63) is 53.0 Å². The van der Waals surface area contributed by atoms with Crippen molar-refractivity contribution in [2.24, 2.45) is 0 Å². The second-order valence-corrected chi connectivity index (χ2v) is 7.69. The third-order valence-corrected chi connectivity index (χ3v) is 5.70. The van der Waals surface area contributed by atoms with Crippen LogP contribution in [0.5, 0.6) is 17.2 Å². The van der Waals surface area contributed by atoms with Gasteiger partial charge in [-0.3, -0.25) is 9.59 Å². The Bertz CT molecular complexity index is 1100. The number of ether oxygens (including phenoxy) is 3. The van der Waals surface area contributed by atoms with E-state index in [1.807, 2.05) is 19.1 Å². The van der Waals surface area contributed by atoms with E-state index in [-0.39, 0.29) is 18.4 Å². The fraction of sp³-hybridized carbons (Fsp3) is 0.261. The first-order chi connectivity index (χ1) is 15.4. The van der Waals surface area contributed by atoms with Gasteiger partial charge in [0.25, 0.3) is 5.91 Å². The van der Waals surface area contributed by atoms with E-state index in [9.17, 15) is 9.59 Å². The summed E-state index contributed by atoms with van der Waals surface area (Å²) in [4.78, 5) is 29.8. The molecule has 3 aromatic rings. The van der Waals surface area contributed by atoms with Gasteiger partial charge in [0.1, 0.15) is 15.6 Å². The minimum atomic E-state index is -0.353. The van der Waals surface area contributed by atoms with Crippen molar-refractivity contribution < 1.29 is 23.8 Å². The lowest BCUT2D eigenvalue weighted by Gasteiger charge is -2.08. The van der Waals surface area contributed by atoms with E-state index in [2.05, 4.69) is 15.6 Å². The van der Waals surface area contributed by atoms with Crippen LogP contribution in [0, 0.1) is 6.92 Å². The maximum atomic E-state index is 12.6. The minimum absolute atomic E-state index is 0.158. The summed E-state index contributed by atoms with van der Waals surface area (Å²) in [6, 6.07) is 12.5. The zero-order valence-electron chi connectivity index (χ0n) is 18.4. The van der Waals surface area contributed by atoms with Crippen LogP contribution >= 0.6 is 11.3 Å². The Morgan fingerprint density at radius 1 is 1.03 bits per heavy atom. The molecule has 0 aliphatic carbocycles. The number of nitrogens with zero attached hydrogens (tertiary/aromatic N) is 1. The summed E-state index contributed by atoms with van der Waals surface area (Å²) in [7, 11) is 3.13. The van der Waals surface area contributed by atoms with Gasteiger partial charge < -0.3 is 24.8 Å². The van der Waals surface area contributed by atoms with Crippen molar-refractivity contribution in [2.75, 3.05) is 32.7 Å². The zero-order chi connectivity index (χ0) is 23.1. The van der Waals surface area contributed by atoms with Crippen molar-refractivity contribution >= 4 is 28.8 Å². The quantitative estimate of drug-likeness (QED) is 0.508. The van der Waals surface area contributed by atoms with Crippen molar-refractivity contribution in [3.63, 3.8) is 0 Å². The molecule has 0 atom stereocenters. The third-order valence-electron chi connectivity index (χ3n) is 4.49. The smallest absolute Gasteiger partial charge is 0.263 e. The molecule has 0 fully saturated rings. The van der Waals surface area contributed by atoms with Crippen LogP contribution in [0.3, 0.4) is 0 Å². The van der Waals surface area contributed by atoms with Crippen LogP contribution in [0.2, 0.25) is 0 Å². The summed E-state index contributed by atoms with van der Waals surface area (Å²) in [6.45, 7) is 4.08. The summed E-state index contributed by atoms with van der Waals surface area (Å²) in [5.41, 5.74) is 2.02. The van der Waals surface area contributed by atoms with Gasteiger partial charge in [0.2, 0.25) is 5.91 Å². The lowest BCUT2D eigenvalue weighted by molar-refractivity contribution is -0.115. The highest BCUT2D eigenvalue weighted by atomic mass is 32.1. The Hall–Kier alpha value is -3.59. The first-order valence-corrected chi connectivity index (χ1v) is 10.8. The fourth-order valence-corrected chi connectivity index (χ4v) is 3.93. The molecule has 3 rings (SSSR count). The number of amides is 2. The summed E-state index contributed by atoms with van der Waals surface area (Å²) in [5, 5.41) is 6.06. The number of nitrogens with one attached hydrogen (secondary N) is 2. The van der Waals surface area contributed by atoms with Crippen molar-refractivity contribution in [1.82, 2.24) is 10.3 Å². The number of hydrogen-bond acceptors (Lipinski definition) is 7. The molecular formula is C23H25N3O5S. The average molecular weight is 456 g/mol. The van der Waals surface area contributed by atoms with Gasteiger partial charge in [-0.15, -0.1) is 11.3 Å². The largest absolute Gasteiger partial charge is 0.494 e. The molecule has 1 aromatic heterocycles. The molecule has 0 saturated heterocycles. The Kier molecular flexibility index (Phi) is 7.67. The number of rotatable bonds is 9. The number of benzene rings is 2. The van der Waals surface area contributed by atoms with Gasteiger partial charge in [-0.05, 0) is 56.3 Å². The summed E-state index contributed by atoms with van der Waals surface area (Å²) in [5.74, 6) is 1.24. The van der Waals surface area contributed by atoms with Crippen LogP contribution in [0.25, 0.3) is 10.6 Å². The fourth-order valence-electron chi connectivity index (χ4n) is 2.95. The molecule has 0 spiro atoms. The van der Waals surface area contributed by atoms with Crippen LogP contribution in [-0.2, 0) is 4.79 Å². The topological polar surface area (TPSA) is 98.8 Å². The molecule has 8 nitrogen and oxygen atoms in total. The third kappa shape index (κ3) is 5.55. The van der Waals surface area contributed by atoms with Crippen molar-refractivity contribution in [2.45, 2.75) is 13.8 Å². The first-order valence-electron chi connectivity index (χ1n) is 9.95. The molecule has 2 N–H and O–H groups in total. The van der Waals surface area contributed by atoms with Crippen LogP contribution < -0.4 is 24.8 Å². The van der Waals surface area contributed by atoms with Gasteiger partial charge >= 0.3 is 0 Å². The highest BCUT2D eigenvalue weighted by Gasteiger charge is 2.18. The molecule has 9 heteroatoms. The molecule has 0 aliphatic rings. The highest BCUT2D eigenvalue weighted by Crippen LogP contribution is 2.34. The summed E-state index contributed by atoms with van der Waals surface area (Å²) in [6.07, 6.45) is 0. The lowest BCUT2D eigenvalue weighted by Crippen LogP contribution is -2.32. The second-order valence-electron chi connectivity index (χ2n) is 6.69. The maximum Gasteiger partial charge on any atom is 0.263 e. The van der Waals surface area contributed by atoms with Crippen molar-refractivity contribution in [3.8, 4) is 27.8 Å². The zero-order valence-corrected chi connectivity index (χ0v) is 19.2. The number of methoxy groups -OCH3 is 2. The van der Waals surface area contributed by atoms with Gasteiger partial charge in [0.15, 0.2) is 11.5 Å². The molecule has 0 unspecified atom stereocenters. The van der Waals surface area contributed by atoms with Crippen LogP contribution in [0.15, 0.2) is 42.5 Å². The van der Waals surface area contributed by atoms with E-state index >= 15 is 0 Å². The van der Waals surface area contributed by atoms with E-state index in [4.69, 9.17) is 14.2 Å². The normalized spacial score (nSPS) is 10.4. The summed E-state index contributed by atoms with van der Waals surface area (Å²) < 4.78 is 16.0. The predicted molar refractivity (Wildman–Crippen MR) is 124 cm³/mol. The van der Waals surface area contributed by atoms with Gasteiger partial charge in [-0.25, -0.2) is 4.98 Å². The van der Waals surface area contributed by atoms with E-state index in [0.29, 0.717) is 39.4 Å². The monoisotopic (exact) mass is 455 g/mol. The number of thiazole rings is 1. The molecule has 168 valence electrons. The maximum absolute atomic E-state index is 12.6. The number of anilines is 1. The van der Waals surface area contributed by atoms with E-state index in [1.54, 1.807) is 51.5 Å². The number of hydrogen-bond donors (Lipinski definition) is 2. The standard InChI is InChI=1S/C23H25N3O5S/c1-5-31-17-9-7-16(8-10-17)26-20(27)13-24-22(28)21-14(2)25-23(32-21)15-6-11-18(29-3)19(12-15)30-4/h6-12H,5,13H2,1-4H3,(H,24,28)(H,26,27). The van der Waals surface area contributed by atoms with Gasteiger partial charge in [0, 0.05) is 11.3 Å². The average Bonchev–Trinajstić information content (AvgIpc) is 3.20. The first kappa shape index (κ1) is 23.1. The Labute approximate surface area is 190 Å². The van der Waals surface area contributed by atoms with Gasteiger partial charge in [0.05, 0.1) is 33.1 Å². The molecule has 0 radical (unpaired) electrons. The number of carbonyl (C=O) groups excluding carboxylic acids is 2. The van der Waals surface area contributed by atoms with Crippen LogP contribution in [-0.4, -0.2) is 44.2 Å². The summed E-state index contributed by atoms with van der Waals surface area (Å²) >= 11 is 1.25. The highest BCUT2D eigenvalue weighted by molar-refractivity contribution is 7.17. The van der Waals surface area contributed by atoms with Crippen LogP contribution in [0.4, 0.5) is 5.69 Å². The van der Waals surface area contributed by atoms with E-state index < -0.39 is 0 Å². The second kappa shape index (κ2) is 10.6. The van der Waals surface area contributed by atoms with Crippen molar-refractivity contribution in [1.29, 1.82) is 0 Å². The van der Waals surface area contributed by atoms with Gasteiger partial charge in [-0.2, -0.15) is 0 Å². The Morgan fingerprint density at radius 2 is 1.75 bits per heavy atom. The Balaban J connectivity index is 1.62. The molecule has 0 bridgehead atoms. The molecule has 1 heterocycles. The number of aryl methyl sites for hydroxylation is 1. The predicted octanol–water partition coefficient (Wildman–Crippen LogP) is 3.90. The molecular weight excluding hydrogens is 430 g/mol. The Morgan fingerprint density at radius 3 is 2.41 bits per heavy atom. The molecule has 2 aromatic carbocycles. The lowest BCUT2D eigenvalue weighted by atomic mass is 10.2. The molecule has 32 heavy (non-hydrogen) atoms. The number of aromatic nitrogens is 1. The minimum Gasteiger partial charge on any atom is -0.494 e. The van der Waals surface area contributed by atoms with Crippen LogP contribution in [0.1, 0.15) is 22.3 Å². The van der Waals surface area contributed by atoms with Gasteiger partial charge in [-0.1, -0.05) is 0 Å². The van der Waals surface area contributed by atoms with E-state index in [0.717, 1.165) is 11.3 Å². The SMILES string of the molecule is CCOc1ccc(NC(=O)CNC(=O)c2sc(-c3ccc(OC)c(OC)c3)nc2C)cc1. The molecule has 0 saturated carbocycles.